The molecule has 6 nitrogen and oxygen atoms in total. The lowest BCUT2D eigenvalue weighted by Crippen LogP contribution is -2.38. The number of nitrogens with zero attached hydrogens (tertiary/aromatic N) is 1. The van der Waals surface area contributed by atoms with Crippen molar-refractivity contribution in [3.63, 3.8) is 0 Å². The summed E-state index contributed by atoms with van der Waals surface area (Å²) in [5.41, 5.74) is 12.5. The highest BCUT2D eigenvalue weighted by Crippen LogP contribution is 2.27. The Kier molecular flexibility index (Phi) is 5.17. The third-order valence-electron chi connectivity index (χ3n) is 2.74. The summed E-state index contributed by atoms with van der Waals surface area (Å²) in [5.74, 6) is -0.681. The molecule has 0 aliphatic carbocycles. The Bertz CT molecular complexity index is 474. The molecule has 0 fully saturated rings. The van der Waals surface area contributed by atoms with Gasteiger partial charge in [-0.25, -0.2) is 0 Å². The molecule has 2 amide bonds. The molecular formula is C13H20N4O2. The molecule has 0 radical (unpaired) electrons. The van der Waals surface area contributed by atoms with E-state index in [1.54, 1.807) is 23.1 Å². The quantitative estimate of drug-likeness (QED) is 0.644. The van der Waals surface area contributed by atoms with Crippen molar-refractivity contribution in [2.24, 2.45) is 5.73 Å². The van der Waals surface area contributed by atoms with Crippen molar-refractivity contribution in [2.75, 3.05) is 30.3 Å². The zero-order valence-electron chi connectivity index (χ0n) is 11.3. The van der Waals surface area contributed by atoms with Gasteiger partial charge in [0, 0.05) is 13.1 Å². The van der Waals surface area contributed by atoms with Crippen LogP contribution in [0.25, 0.3) is 0 Å². The van der Waals surface area contributed by atoms with Crippen molar-refractivity contribution in [2.45, 2.75) is 13.8 Å². The summed E-state index contributed by atoms with van der Waals surface area (Å²) in [6, 6.07) is 4.95. The van der Waals surface area contributed by atoms with Gasteiger partial charge in [0.2, 0.25) is 5.91 Å². The summed E-state index contributed by atoms with van der Waals surface area (Å²) in [6.45, 7) is 4.98. The van der Waals surface area contributed by atoms with Crippen molar-refractivity contribution in [3.05, 3.63) is 23.8 Å². The van der Waals surface area contributed by atoms with Crippen LogP contribution >= 0.6 is 0 Å². The second-order valence-corrected chi connectivity index (χ2v) is 4.08. The molecule has 0 spiro atoms. The maximum atomic E-state index is 11.7. The Morgan fingerprint density at radius 2 is 2.00 bits per heavy atom. The summed E-state index contributed by atoms with van der Waals surface area (Å²) in [5, 5.41) is 2.71. The lowest BCUT2D eigenvalue weighted by atomic mass is 10.1. The van der Waals surface area contributed by atoms with Gasteiger partial charge >= 0.3 is 0 Å². The number of nitrogens with one attached hydrogen (secondary N) is 1. The van der Waals surface area contributed by atoms with Gasteiger partial charge in [-0.05, 0) is 26.0 Å². The van der Waals surface area contributed by atoms with Gasteiger partial charge < -0.3 is 21.7 Å². The predicted molar refractivity (Wildman–Crippen MR) is 75.9 cm³/mol. The van der Waals surface area contributed by atoms with Gasteiger partial charge in [0.15, 0.2) is 0 Å². The maximum absolute atomic E-state index is 11.7. The van der Waals surface area contributed by atoms with Crippen LogP contribution in [-0.4, -0.2) is 31.4 Å². The fourth-order valence-corrected chi connectivity index (χ4v) is 1.89. The van der Waals surface area contributed by atoms with Gasteiger partial charge in [0.05, 0.1) is 23.5 Å². The number of nitrogen functional groups attached to an aromatic ring is 1. The molecule has 0 aliphatic rings. The van der Waals surface area contributed by atoms with Crippen LogP contribution in [0.3, 0.4) is 0 Å². The van der Waals surface area contributed by atoms with Crippen LogP contribution in [0.15, 0.2) is 18.2 Å². The molecule has 1 aromatic rings. The van der Waals surface area contributed by atoms with Gasteiger partial charge in [-0.2, -0.15) is 0 Å². The highest BCUT2D eigenvalue weighted by Gasteiger charge is 2.18. The number of primary amides is 1. The van der Waals surface area contributed by atoms with E-state index in [2.05, 4.69) is 5.32 Å². The summed E-state index contributed by atoms with van der Waals surface area (Å²) < 4.78 is 0. The number of rotatable bonds is 6. The topological polar surface area (TPSA) is 101 Å². The molecule has 1 aromatic carbocycles. The standard InChI is InChI=1S/C13H20N4O2/c1-3-16-11(18)8-17(4-2)12-9(13(15)19)6-5-7-10(12)14/h5-7H,3-4,8,14H2,1-2H3,(H2,15,19)(H,16,18). The first-order valence-corrected chi connectivity index (χ1v) is 6.21. The molecule has 0 saturated heterocycles. The van der Waals surface area contributed by atoms with Crippen LogP contribution in [0, 0.1) is 0 Å². The predicted octanol–water partition coefficient (Wildman–Crippen LogP) is 0.330. The van der Waals surface area contributed by atoms with Crippen molar-refractivity contribution in [1.29, 1.82) is 0 Å². The van der Waals surface area contributed by atoms with Crippen LogP contribution in [0.2, 0.25) is 0 Å². The van der Waals surface area contributed by atoms with E-state index in [0.717, 1.165) is 0 Å². The molecule has 0 saturated carbocycles. The Morgan fingerprint density at radius 3 is 2.53 bits per heavy atom. The summed E-state index contributed by atoms with van der Waals surface area (Å²) >= 11 is 0. The normalized spacial score (nSPS) is 10.0. The van der Waals surface area contributed by atoms with E-state index in [1.807, 2.05) is 13.8 Å². The Morgan fingerprint density at radius 1 is 1.32 bits per heavy atom. The lowest BCUT2D eigenvalue weighted by Gasteiger charge is -2.25. The lowest BCUT2D eigenvalue weighted by molar-refractivity contribution is -0.119. The Balaban J connectivity index is 3.10. The smallest absolute Gasteiger partial charge is 0.250 e. The molecule has 1 rings (SSSR count). The van der Waals surface area contributed by atoms with E-state index in [4.69, 9.17) is 11.5 Å². The van der Waals surface area contributed by atoms with Crippen LogP contribution in [0.1, 0.15) is 24.2 Å². The highest BCUT2D eigenvalue weighted by molar-refractivity contribution is 6.02. The van der Waals surface area contributed by atoms with Crippen molar-refractivity contribution in [3.8, 4) is 0 Å². The van der Waals surface area contributed by atoms with Gasteiger partial charge in [-0.3, -0.25) is 9.59 Å². The third-order valence-corrected chi connectivity index (χ3v) is 2.74. The number of nitrogens with two attached hydrogens (primary N) is 2. The Labute approximate surface area is 112 Å². The number of carbonyl (C=O) groups excluding carboxylic acids is 2. The minimum Gasteiger partial charge on any atom is -0.397 e. The number of likely N-dealkylation sites (N-methyl/N-ethyl adjacent to an activating group) is 2. The zero-order chi connectivity index (χ0) is 14.4. The van der Waals surface area contributed by atoms with Gasteiger partial charge in [0.25, 0.3) is 5.91 Å². The fourth-order valence-electron chi connectivity index (χ4n) is 1.89. The molecule has 0 atom stereocenters. The van der Waals surface area contributed by atoms with E-state index in [-0.39, 0.29) is 12.5 Å². The van der Waals surface area contributed by atoms with Crippen LogP contribution in [0.4, 0.5) is 11.4 Å². The molecule has 0 bridgehead atoms. The highest BCUT2D eigenvalue weighted by atomic mass is 16.2. The molecule has 6 heteroatoms. The average molecular weight is 264 g/mol. The van der Waals surface area contributed by atoms with Crippen LogP contribution < -0.4 is 21.7 Å². The molecule has 0 aromatic heterocycles. The summed E-state index contributed by atoms with van der Waals surface area (Å²) in [6.07, 6.45) is 0. The minimum atomic E-state index is -0.559. The van der Waals surface area contributed by atoms with E-state index in [9.17, 15) is 9.59 Å². The van der Waals surface area contributed by atoms with Crippen molar-refractivity contribution < 1.29 is 9.59 Å². The molecular weight excluding hydrogens is 244 g/mol. The van der Waals surface area contributed by atoms with Crippen molar-refractivity contribution in [1.82, 2.24) is 5.32 Å². The second kappa shape index (κ2) is 6.63. The number of hydrogen-bond donors (Lipinski definition) is 3. The SMILES string of the molecule is CCNC(=O)CN(CC)c1c(N)cccc1C(N)=O. The fraction of sp³-hybridized carbons (Fsp3) is 0.385. The summed E-state index contributed by atoms with van der Waals surface area (Å²) in [7, 11) is 0. The number of anilines is 2. The zero-order valence-corrected chi connectivity index (χ0v) is 11.3. The number of hydrogen-bond acceptors (Lipinski definition) is 4. The Hall–Kier alpha value is -2.24. The molecule has 104 valence electrons. The van der Waals surface area contributed by atoms with E-state index in [1.165, 1.54) is 0 Å². The summed E-state index contributed by atoms with van der Waals surface area (Å²) in [4.78, 5) is 24.9. The number of para-hydroxylation sites is 1. The van der Waals surface area contributed by atoms with Crippen LogP contribution in [-0.2, 0) is 4.79 Å². The van der Waals surface area contributed by atoms with Crippen molar-refractivity contribution >= 4 is 23.2 Å². The monoisotopic (exact) mass is 264 g/mol. The van der Waals surface area contributed by atoms with E-state index >= 15 is 0 Å². The first-order valence-electron chi connectivity index (χ1n) is 6.21. The average Bonchev–Trinajstić information content (AvgIpc) is 2.36. The van der Waals surface area contributed by atoms with Gasteiger partial charge in [0.1, 0.15) is 0 Å². The number of benzene rings is 1. The third kappa shape index (κ3) is 3.61. The maximum Gasteiger partial charge on any atom is 0.250 e. The van der Waals surface area contributed by atoms with Crippen LogP contribution in [0.5, 0.6) is 0 Å². The van der Waals surface area contributed by atoms with Gasteiger partial charge in [-0.1, -0.05) is 6.07 Å². The molecule has 0 unspecified atom stereocenters. The molecule has 5 N–H and O–H groups in total. The second-order valence-electron chi connectivity index (χ2n) is 4.08. The molecule has 0 aliphatic heterocycles. The molecule has 0 heterocycles. The largest absolute Gasteiger partial charge is 0.397 e. The molecule has 19 heavy (non-hydrogen) atoms. The van der Waals surface area contributed by atoms with E-state index in [0.29, 0.717) is 30.0 Å². The number of carbonyl (C=O) groups is 2. The van der Waals surface area contributed by atoms with Gasteiger partial charge in [-0.15, -0.1) is 0 Å². The minimum absolute atomic E-state index is 0.122. The number of amides is 2. The first kappa shape index (κ1) is 14.8. The first-order chi connectivity index (χ1) is 9.01. The van der Waals surface area contributed by atoms with E-state index < -0.39 is 5.91 Å².